The standard InChI is InChI=1S/2C21H24F2N2O5S.C20H23F2N3O5S/c1-12(20(3,22)23)30-17-6-5-15(31(4,27)28)7-16(17)19(26)25-9-14-8-21(14,11-25)18-10-29-13(2)24-18;1-12-10-29-19(24-12)21-8-14(21)9-25(11-21)18(26)16-7-15(31(4,27)28)5-6-17(16)30-13(2)20(3,22)23;1-11(19(3,21)22)29-16-6-5-14(31(4,27)28)7-15(16)17(26)25-9-13-8-20(13,10-25)18-23-12(2)24-30-18/h5-7,10,12,14H,8-9,11H2,1-4H3;5-7,10,13-14H,8-9,11H2,1-4H3;5-7,11,13H,8-10H2,1-4H3. The molecule has 3 saturated heterocycles. The molecule has 0 bridgehead atoms. The molecule has 0 radical (unpaired) electrons. The van der Waals surface area contributed by atoms with Gasteiger partial charge in [-0.25, -0.2) is 61.6 Å². The average molecular weight is 1360 g/mol. The van der Waals surface area contributed by atoms with Gasteiger partial charge in [-0.2, -0.15) is 4.98 Å². The number of hydrogen-bond acceptors (Lipinski definition) is 19. The molecule has 22 nitrogen and oxygen atoms in total. The van der Waals surface area contributed by atoms with Gasteiger partial charge in [0.25, 0.3) is 35.5 Å². The van der Waals surface area contributed by atoms with Crippen LogP contribution in [0.5, 0.6) is 17.2 Å². The summed E-state index contributed by atoms with van der Waals surface area (Å²) in [4.78, 5) is 57.6. The number of amides is 3. The van der Waals surface area contributed by atoms with E-state index in [1.165, 1.54) is 75.4 Å². The second-order valence-electron chi connectivity index (χ2n) is 25.9. The number of piperidine rings is 3. The van der Waals surface area contributed by atoms with Crippen LogP contribution in [0.15, 0.2) is 95.2 Å². The number of benzene rings is 3. The first-order valence-electron chi connectivity index (χ1n) is 29.6. The van der Waals surface area contributed by atoms with Gasteiger partial charge in [-0.05, 0) is 126 Å². The third-order valence-electron chi connectivity index (χ3n) is 18.3. The lowest BCUT2D eigenvalue weighted by atomic mass is 10.0. The van der Waals surface area contributed by atoms with E-state index < -0.39 is 88.7 Å². The number of carbonyl (C=O) groups is 3. The van der Waals surface area contributed by atoms with Crippen LogP contribution in [0.2, 0.25) is 0 Å². The van der Waals surface area contributed by atoms with E-state index in [9.17, 15) is 66.0 Å². The molecule has 31 heteroatoms. The number of nitrogens with zero attached hydrogens (tertiary/aromatic N) is 7. The van der Waals surface area contributed by atoms with Crippen LogP contribution in [0.1, 0.15) is 127 Å². The van der Waals surface area contributed by atoms with Gasteiger partial charge in [-0.15, -0.1) is 0 Å². The molecule has 6 heterocycles. The molecule has 504 valence electrons. The molecule has 3 amide bonds. The second-order valence-corrected chi connectivity index (χ2v) is 31.9. The van der Waals surface area contributed by atoms with Gasteiger partial charge in [0.05, 0.1) is 53.6 Å². The summed E-state index contributed by atoms with van der Waals surface area (Å²) in [6, 6.07) is 11.1. The molecular formula is C62H71F6N7O15S3. The zero-order valence-electron chi connectivity index (χ0n) is 52.9. The number of aryl methyl sites for hydroxylation is 3. The quantitative estimate of drug-likeness (QED) is 0.0725. The van der Waals surface area contributed by atoms with Crippen LogP contribution >= 0.6 is 0 Å². The van der Waals surface area contributed by atoms with Gasteiger partial charge in [0.2, 0.25) is 11.8 Å². The lowest BCUT2D eigenvalue weighted by molar-refractivity contribution is -0.0722. The summed E-state index contributed by atoms with van der Waals surface area (Å²) in [5.74, 6) is -8.40. The highest BCUT2D eigenvalue weighted by atomic mass is 32.2. The first-order chi connectivity index (χ1) is 42.9. The minimum atomic E-state index is -3.62. The van der Waals surface area contributed by atoms with E-state index in [0.717, 1.165) is 63.3 Å². The van der Waals surface area contributed by atoms with Crippen LogP contribution in [0.3, 0.4) is 0 Å². The lowest BCUT2D eigenvalue weighted by Crippen LogP contribution is -2.35. The van der Waals surface area contributed by atoms with E-state index in [1.54, 1.807) is 41.1 Å². The number of alkyl halides is 6. The fourth-order valence-electron chi connectivity index (χ4n) is 12.1. The Labute approximate surface area is 533 Å². The minimum Gasteiger partial charge on any atom is -0.484 e. The largest absolute Gasteiger partial charge is 0.484 e. The summed E-state index contributed by atoms with van der Waals surface area (Å²) >= 11 is 0. The Bertz CT molecular complexity index is 3850. The third kappa shape index (κ3) is 14.0. The molecule has 93 heavy (non-hydrogen) atoms. The van der Waals surface area contributed by atoms with Crippen molar-refractivity contribution in [2.45, 2.75) is 149 Å². The second kappa shape index (κ2) is 23.7. The van der Waals surface area contributed by atoms with E-state index in [0.29, 0.717) is 69.7 Å². The molecule has 12 rings (SSSR count). The zero-order valence-corrected chi connectivity index (χ0v) is 55.4. The number of ether oxygens (including phenoxy) is 3. The smallest absolute Gasteiger partial charge is 0.281 e. The van der Waals surface area contributed by atoms with Crippen molar-refractivity contribution in [2.75, 3.05) is 58.0 Å². The van der Waals surface area contributed by atoms with Crippen molar-refractivity contribution in [3.05, 3.63) is 119 Å². The van der Waals surface area contributed by atoms with Crippen LogP contribution in [-0.2, 0) is 45.8 Å². The van der Waals surface area contributed by atoms with Crippen molar-refractivity contribution in [3.8, 4) is 17.2 Å². The Morgan fingerprint density at radius 3 is 1.19 bits per heavy atom. The average Bonchev–Trinajstić information content (AvgIpc) is 1.56. The molecule has 3 saturated carbocycles. The van der Waals surface area contributed by atoms with Crippen molar-refractivity contribution < 1.29 is 93.5 Å². The van der Waals surface area contributed by atoms with Crippen molar-refractivity contribution in [3.63, 3.8) is 0 Å². The first kappa shape index (κ1) is 68.3. The number of aromatic nitrogens is 4. The van der Waals surface area contributed by atoms with Gasteiger partial charge in [0.15, 0.2) is 59.5 Å². The number of rotatable bonds is 18. The Morgan fingerprint density at radius 2 is 0.882 bits per heavy atom. The summed E-state index contributed by atoms with van der Waals surface area (Å²) in [7, 11) is -10.8. The van der Waals surface area contributed by atoms with E-state index in [2.05, 4.69) is 20.1 Å². The minimum absolute atomic E-state index is 0.0493. The fraction of sp³-hybridized carbons (Fsp3) is 0.532. The third-order valence-corrected chi connectivity index (χ3v) is 21.6. The molecule has 0 N–H and O–H groups in total. The Morgan fingerprint density at radius 1 is 0.527 bits per heavy atom. The van der Waals surface area contributed by atoms with Gasteiger partial charge in [0, 0.05) is 91.1 Å². The molecule has 3 aromatic heterocycles. The van der Waals surface area contributed by atoms with Crippen molar-refractivity contribution in [1.29, 1.82) is 0 Å². The first-order valence-corrected chi connectivity index (χ1v) is 35.3. The van der Waals surface area contributed by atoms with E-state index >= 15 is 0 Å². The summed E-state index contributed by atoms with van der Waals surface area (Å²) in [5, 5.41) is 3.82. The summed E-state index contributed by atoms with van der Waals surface area (Å²) in [5.41, 5.74) is 0.353. The van der Waals surface area contributed by atoms with Crippen LogP contribution in [-0.4, -0.2) is 172 Å². The molecule has 6 aliphatic rings. The Hall–Kier alpha value is -7.54. The van der Waals surface area contributed by atoms with Crippen LogP contribution in [0.4, 0.5) is 26.3 Å². The summed E-state index contributed by atoms with van der Waals surface area (Å²) in [6.07, 6.45) is 4.25. The van der Waals surface area contributed by atoms with Crippen molar-refractivity contribution in [2.24, 2.45) is 17.8 Å². The topological polar surface area (TPSA) is 282 Å². The maximum Gasteiger partial charge on any atom is 0.281 e. The summed E-state index contributed by atoms with van der Waals surface area (Å²) < 4.78 is 186. The molecule has 9 unspecified atom stereocenters. The summed E-state index contributed by atoms with van der Waals surface area (Å²) in [6.45, 7) is 13.4. The van der Waals surface area contributed by atoms with Gasteiger partial charge >= 0.3 is 0 Å². The van der Waals surface area contributed by atoms with E-state index in [1.807, 2.05) is 6.92 Å². The zero-order chi connectivity index (χ0) is 68.3. The Kier molecular flexibility index (Phi) is 17.4. The molecular weight excluding hydrogens is 1290 g/mol. The highest BCUT2D eigenvalue weighted by Crippen LogP contribution is 2.61. The molecule has 0 spiro atoms. The van der Waals surface area contributed by atoms with Gasteiger partial charge < -0.3 is 42.3 Å². The number of fused-ring (bicyclic) bond motifs is 3. The number of oxazole rings is 2. The maximum absolute atomic E-state index is 13.7. The number of halogens is 6. The highest BCUT2D eigenvalue weighted by Gasteiger charge is 2.67. The van der Waals surface area contributed by atoms with Gasteiger partial charge in [-0.1, -0.05) is 5.16 Å². The SMILES string of the molecule is Cc1coc(C23CC2CN(C(=O)c2cc(S(C)(=O)=O)ccc2OC(C)C(C)(F)F)C3)n1.Cc1nc(C23CC2CN(C(=O)c2cc(S(C)(=O)=O)ccc2OC(C)C(C)(F)F)C3)co1.Cc1noc(C23CC2CN(C(=O)c2cc(S(C)(=O)=O)ccc2OC(C)C(C)(F)F)C3)n1. The monoisotopic (exact) mass is 1360 g/mol. The molecule has 6 fully saturated rings. The fourth-order valence-corrected chi connectivity index (χ4v) is 14.0. The predicted octanol–water partition coefficient (Wildman–Crippen LogP) is 9.06. The Balaban J connectivity index is 0.000000153. The van der Waals surface area contributed by atoms with Gasteiger partial charge in [0.1, 0.15) is 29.8 Å². The number of sulfone groups is 3. The molecule has 6 aromatic rings. The van der Waals surface area contributed by atoms with Crippen LogP contribution in [0.25, 0.3) is 0 Å². The lowest BCUT2D eigenvalue weighted by Gasteiger charge is -2.25. The molecule has 3 aliphatic heterocycles. The number of hydrogen-bond donors (Lipinski definition) is 0. The van der Waals surface area contributed by atoms with E-state index in [-0.39, 0.29) is 77.2 Å². The van der Waals surface area contributed by atoms with Crippen LogP contribution < -0.4 is 14.2 Å². The number of likely N-dealkylation sites (tertiary alicyclic amines) is 3. The maximum atomic E-state index is 13.7. The molecule has 3 aliphatic carbocycles. The van der Waals surface area contributed by atoms with Gasteiger partial charge in [-0.3, -0.25) is 14.4 Å². The highest BCUT2D eigenvalue weighted by molar-refractivity contribution is 7.91. The van der Waals surface area contributed by atoms with Crippen molar-refractivity contribution in [1.82, 2.24) is 34.8 Å². The predicted molar refractivity (Wildman–Crippen MR) is 319 cm³/mol. The van der Waals surface area contributed by atoms with E-state index in [4.69, 9.17) is 27.6 Å². The van der Waals surface area contributed by atoms with Crippen molar-refractivity contribution >= 4 is 47.2 Å². The molecule has 9 atom stereocenters. The number of carbonyl (C=O) groups excluding carboxylic acids is 3. The van der Waals surface area contributed by atoms with Crippen LogP contribution in [0, 0.1) is 38.5 Å². The normalized spacial score (nSPS) is 24.1. The molecule has 3 aromatic carbocycles.